The first-order valence-electron chi connectivity index (χ1n) is 10.3. The Bertz CT molecular complexity index is 803. The number of hydrogen-bond acceptors (Lipinski definition) is 4. The first-order chi connectivity index (χ1) is 13.2. The summed E-state index contributed by atoms with van der Waals surface area (Å²) in [7, 11) is 0. The van der Waals surface area contributed by atoms with E-state index >= 15 is 0 Å². The maximum absolute atomic E-state index is 12.8. The summed E-state index contributed by atoms with van der Waals surface area (Å²) in [6.45, 7) is 2.67. The van der Waals surface area contributed by atoms with Gasteiger partial charge in [-0.15, -0.1) is 5.10 Å². The van der Waals surface area contributed by atoms with E-state index in [9.17, 15) is 4.79 Å². The first kappa shape index (κ1) is 16.9. The summed E-state index contributed by atoms with van der Waals surface area (Å²) in [6.07, 6.45) is 12.2. The molecule has 3 heterocycles. The van der Waals surface area contributed by atoms with Crippen molar-refractivity contribution in [1.82, 2.24) is 24.9 Å². The van der Waals surface area contributed by atoms with Crippen molar-refractivity contribution in [3.63, 3.8) is 0 Å². The highest BCUT2D eigenvalue weighted by Crippen LogP contribution is 2.63. The molecule has 1 atom stereocenters. The number of amides is 1. The lowest BCUT2D eigenvalue weighted by atomic mass is 9.95. The average molecular weight is 365 g/mol. The van der Waals surface area contributed by atoms with Gasteiger partial charge in [0.25, 0.3) is 0 Å². The third-order valence-electron chi connectivity index (χ3n) is 6.92. The third kappa shape index (κ3) is 3.26. The number of carbonyl (C=O) groups excluding carboxylic acids is 1. The van der Waals surface area contributed by atoms with Gasteiger partial charge in [0, 0.05) is 31.7 Å². The molecular weight excluding hydrogens is 338 g/mol. The Balaban J connectivity index is 1.14. The number of aromatic nitrogens is 4. The fourth-order valence-corrected chi connectivity index (χ4v) is 5.17. The summed E-state index contributed by atoms with van der Waals surface area (Å²) in [5, 5.41) is 8.53. The molecule has 0 radical (unpaired) electrons. The SMILES string of the molecule is O=C(C1CC12CCCC2)N1CCC(Cn2cc(-c3ccccn3)nn2)CC1. The fraction of sp³-hybridized carbons (Fsp3) is 0.619. The molecule has 0 N–H and O–H groups in total. The van der Waals surface area contributed by atoms with E-state index in [1.165, 1.54) is 25.7 Å². The number of piperidine rings is 1. The van der Waals surface area contributed by atoms with E-state index in [1.54, 1.807) is 6.20 Å². The Morgan fingerprint density at radius 3 is 2.70 bits per heavy atom. The van der Waals surface area contributed by atoms with E-state index in [0.29, 0.717) is 23.2 Å². The summed E-state index contributed by atoms with van der Waals surface area (Å²) in [5.74, 6) is 1.34. The molecule has 27 heavy (non-hydrogen) atoms. The van der Waals surface area contributed by atoms with Crippen molar-refractivity contribution >= 4 is 5.91 Å². The summed E-state index contributed by atoms with van der Waals surface area (Å²) in [4.78, 5) is 19.3. The number of nitrogens with zero attached hydrogens (tertiary/aromatic N) is 5. The number of likely N-dealkylation sites (tertiary alicyclic amines) is 1. The predicted molar refractivity (Wildman–Crippen MR) is 102 cm³/mol. The van der Waals surface area contributed by atoms with Gasteiger partial charge >= 0.3 is 0 Å². The number of pyridine rings is 1. The van der Waals surface area contributed by atoms with Gasteiger partial charge in [0.05, 0.1) is 11.9 Å². The predicted octanol–water partition coefficient (Wildman–Crippen LogP) is 3.16. The van der Waals surface area contributed by atoms with Crippen molar-refractivity contribution in [3.8, 4) is 11.4 Å². The molecule has 2 aromatic rings. The summed E-state index contributed by atoms with van der Waals surface area (Å²) in [5.41, 5.74) is 2.09. The van der Waals surface area contributed by atoms with Crippen molar-refractivity contribution < 1.29 is 4.79 Å². The molecule has 1 spiro atoms. The molecule has 5 rings (SSSR count). The van der Waals surface area contributed by atoms with Gasteiger partial charge in [0.2, 0.25) is 5.91 Å². The largest absolute Gasteiger partial charge is 0.342 e. The zero-order valence-electron chi connectivity index (χ0n) is 15.8. The first-order valence-corrected chi connectivity index (χ1v) is 10.3. The molecule has 2 aromatic heterocycles. The Morgan fingerprint density at radius 1 is 1.15 bits per heavy atom. The molecule has 2 saturated carbocycles. The van der Waals surface area contributed by atoms with Gasteiger partial charge in [0.15, 0.2) is 0 Å². The minimum Gasteiger partial charge on any atom is -0.342 e. The highest BCUT2D eigenvalue weighted by Gasteiger charge is 2.59. The Kier molecular flexibility index (Phi) is 4.21. The van der Waals surface area contributed by atoms with Crippen LogP contribution in [0.3, 0.4) is 0 Å². The van der Waals surface area contributed by atoms with Crippen LogP contribution in [0.15, 0.2) is 30.6 Å². The second kappa shape index (κ2) is 6.73. The molecule has 1 aliphatic heterocycles. The lowest BCUT2D eigenvalue weighted by Crippen LogP contribution is -2.40. The molecule has 0 bridgehead atoms. The van der Waals surface area contributed by atoms with Gasteiger partial charge in [-0.25, -0.2) is 0 Å². The van der Waals surface area contributed by atoms with Crippen LogP contribution in [0.25, 0.3) is 11.4 Å². The van der Waals surface area contributed by atoms with E-state index in [2.05, 4.69) is 20.2 Å². The molecule has 3 fully saturated rings. The molecule has 6 heteroatoms. The van der Waals surface area contributed by atoms with Gasteiger partial charge in [-0.3, -0.25) is 14.5 Å². The minimum atomic E-state index is 0.341. The lowest BCUT2D eigenvalue weighted by molar-refractivity contribution is -0.134. The molecule has 6 nitrogen and oxygen atoms in total. The van der Waals surface area contributed by atoms with Gasteiger partial charge in [-0.05, 0) is 55.6 Å². The van der Waals surface area contributed by atoms with Crippen LogP contribution in [0.5, 0.6) is 0 Å². The monoisotopic (exact) mass is 365 g/mol. The highest BCUT2D eigenvalue weighted by molar-refractivity contribution is 5.82. The fourth-order valence-electron chi connectivity index (χ4n) is 5.17. The summed E-state index contributed by atoms with van der Waals surface area (Å²) in [6, 6.07) is 5.82. The van der Waals surface area contributed by atoms with Crippen molar-refractivity contribution in [3.05, 3.63) is 30.6 Å². The normalized spacial score (nSPS) is 24.4. The van der Waals surface area contributed by atoms with E-state index in [4.69, 9.17) is 0 Å². The quantitative estimate of drug-likeness (QED) is 0.835. The molecule has 0 aromatic carbocycles. The van der Waals surface area contributed by atoms with Crippen LogP contribution in [0.4, 0.5) is 0 Å². The molecule has 142 valence electrons. The molecule has 1 saturated heterocycles. The number of rotatable bonds is 4. The Morgan fingerprint density at radius 2 is 1.96 bits per heavy atom. The van der Waals surface area contributed by atoms with Gasteiger partial charge < -0.3 is 4.90 Å². The van der Waals surface area contributed by atoms with E-state index in [0.717, 1.165) is 50.3 Å². The summed E-state index contributed by atoms with van der Waals surface area (Å²) < 4.78 is 1.93. The summed E-state index contributed by atoms with van der Waals surface area (Å²) >= 11 is 0. The Hall–Kier alpha value is -2.24. The zero-order valence-corrected chi connectivity index (χ0v) is 15.8. The molecular formula is C21H27N5O. The standard InChI is InChI=1S/C21H27N5O/c27-20(17-13-21(17)8-2-3-9-21)25-11-6-16(7-12-25)14-26-15-19(23-24-26)18-5-1-4-10-22-18/h1,4-5,10,15-17H,2-3,6-9,11-14H2. The van der Waals surface area contributed by atoms with Crippen LogP contribution in [0, 0.1) is 17.3 Å². The van der Waals surface area contributed by atoms with Crippen LogP contribution in [0.2, 0.25) is 0 Å². The number of hydrogen-bond donors (Lipinski definition) is 0. The van der Waals surface area contributed by atoms with Crippen LogP contribution < -0.4 is 0 Å². The Labute approximate surface area is 160 Å². The maximum atomic E-state index is 12.8. The minimum absolute atomic E-state index is 0.341. The average Bonchev–Trinajstić information content (AvgIpc) is 3.02. The van der Waals surface area contributed by atoms with Crippen molar-refractivity contribution in [2.45, 2.75) is 51.5 Å². The van der Waals surface area contributed by atoms with Crippen LogP contribution >= 0.6 is 0 Å². The molecule has 1 unspecified atom stereocenters. The second-order valence-corrected chi connectivity index (χ2v) is 8.64. The van der Waals surface area contributed by atoms with Crippen LogP contribution in [-0.4, -0.2) is 43.9 Å². The molecule has 3 aliphatic rings. The van der Waals surface area contributed by atoms with E-state index in [-0.39, 0.29) is 0 Å². The molecule has 2 aliphatic carbocycles. The zero-order chi connectivity index (χ0) is 18.3. The van der Waals surface area contributed by atoms with Crippen LogP contribution in [-0.2, 0) is 11.3 Å². The number of carbonyl (C=O) groups is 1. The van der Waals surface area contributed by atoms with E-state index in [1.807, 2.05) is 29.1 Å². The van der Waals surface area contributed by atoms with E-state index < -0.39 is 0 Å². The maximum Gasteiger partial charge on any atom is 0.226 e. The van der Waals surface area contributed by atoms with Gasteiger partial charge in [-0.1, -0.05) is 24.1 Å². The topological polar surface area (TPSA) is 63.9 Å². The highest BCUT2D eigenvalue weighted by atomic mass is 16.2. The van der Waals surface area contributed by atoms with Crippen molar-refractivity contribution in [2.24, 2.45) is 17.3 Å². The lowest BCUT2D eigenvalue weighted by Gasteiger charge is -2.32. The van der Waals surface area contributed by atoms with Gasteiger partial charge in [0.1, 0.15) is 5.69 Å². The van der Waals surface area contributed by atoms with Crippen molar-refractivity contribution in [2.75, 3.05) is 13.1 Å². The third-order valence-corrected chi connectivity index (χ3v) is 6.92. The second-order valence-electron chi connectivity index (χ2n) is 8.64. The molecule has 1 amide bonds. The van der Waals surface area contributed by atoms with Gasteiger partial charge in [-0.2, -0.15) is 0 Å². The van der Waals surface area contributed by atoms with Crippen molar-refractivity contribution in [1.29, 1.82) is 0 Å². The van der Waals surface area contributed by atoms with Crippen LogP contribution in [0.1, 0.15) is 44.9 Å². The smallest absolute Gasteiger partial charge is 0.226 e.